The van der Waals surface area contributed by atoms with Gasteiger partial charge in [-0.1, -0.05) is 26.7 Å². The summed E-state index contributed by atoms with van der Waals surface area (Å²) in [7, 11) is 0. The molecule has 2 unspecified atom stereocenters. The molecule has 3 heterocycles. The zero-order chi connectivity index (χ0) is 18.6. The second kappa shape index (κ2) is 8.34. The standard InChI is InChI=1S/C22H30N4O/c1-3-15(4-2)20-14-17(10-13-27-20)24-22-18-6-5-7-19(18)25-21(26-22)16-8-11-23-12-9-16/h8-9,11-12,15,17,20H,3-7,10,13-14H2,1-2H3,(H,24,25,26). The third-order valence-electron chi connectivity index (χ3n) is 6.10. The molecule has 1 saturated heterocycles. The fraction of sp³-hybridized carbons (Fsp3) is 0.591. The van der Waals surface area contributed by atoms with E-state index in [1.54, 1.807) is 12.4 Å². The van der Waals surface area contributed by atoms with Gasteiger partial charge < -0.3 is 10.1 Å². The molecule has 0 bridgehead atoms. The lowest BCUT2D eigenvalue weighted by Gasteiger charge is -2.35. The smallest absolute Gasteiger partial charge is 0.161 e. The predicted molar refractivity (Wildman–Crippen MR) is 108 cm³/mol. The van der Waals surface area contributed by atoms with Crippen LogP contribution in [-0.4, -0.2) is 33.7 Å². The molecule has 0 aromatic carbocycles. The monoisotopic (exact) mass is 366 g/mol. The van der Waals surface area contributed by atoms with Gasteiger partial charge in [0.05, 0.1) is 6.10 Å². The Bertz CT molecular complexity index is 760. The molecule has 2 aromatic rings. The number of aryl methyl sites for hydroxylation is 1. The number of nitrogens with zero attached hydrogens (tertiary/aromatic N) is 3. The minimum Gasteiger partial charge on any atom is -0.378 e. The number of anilines is 1. The van der Waals surface area contributed by atoms with E-state index in [4.69, 9.17) is 14.7 Å². The largest absolute Gasteiger partial charge is 0.378 e. The highest BCUT2D eigenvalue weighted by Gasteiger charge is 2.29. The summed E-state index contributed by atoms with van der Waals surface area (Å²) >= 11 is 0. The highest BCUT2D eigenvalue weighted by atomic mass is 16.5. The molecule has 0 amide bonds. The Hall–Kier alpha value is -2.01. The summed E-state index contributed by atoms with van der Waals surface area (Å²) in [6.07, 6.45) is 11.7. The molecule has 2 atom stereocenters. The zero-order valence-electron chi connectivity index (χ0n) is 16.4. The molecule has 144 valence electrons. The highest BCUT2D eigenvalue weighted by Crippen LogP contribution is 2.32. The van der Waals surface area contributed by atoms with Gasteiger partial charge >= 0.3 is 0 Å². The van der Waals surface area contributed by atoms with Crippen molar-refractivity contribution in [1.82, 2.24) is 15.0 Å². The van der Waals surface area contributed by atoms with Gasteiger partial charge in [0, 0.05) is 41.9 Å². The maximum absolute atomic E-state index is 6.10. The molecule has 2 aliphatic rings. The van der Waals surface area contributed by atoms with Crippen molar-refractivity contribution in [2.24, 2.45) is 5.92 Å². The molecule has 1 fully saturated rings. The second-order valence-electron chi connectivity index (χ2n) is 7.76. The molecule has 0 spiro atoms. The number of fused-ring (bicyclic) bond motifs is 1. The first-order valence-corrected chi connectivity index (χ1v) is 10.5. The summed E-state index contributed by atoms with van der Waals surface area (Å²) < 4.78 is 6.10. The van der Waals surface area contributed by atoms with Gasteiger partial charge in [0.25, 0.3) is 0 Å². The van der Waals surface area contributed by atoms with Crippen LogP contribution in [0.25, 0.3) is 11.4 Å². The lowest BCUT2D eigenvalue weighted by molar-refractivity contribution is -0.0271. The van der Waals surface area contributed by atoms with Gasteiger partial charge in [0.1, 0.15) is 5.82 Å². The van der Waals surface area contributed by atoms with E-state index in [2.05, 4.69) is 24.1 Å². The van der Waals surface area contributed by atoms with Crippen LogP contribution in [0.3, 0.4) is 0 Å². The lowest BCUT2D eigenvalue weighted by atomic mass is 9.89. The number of hydrogen-bond donors (Lipinski definition) is 1. The van der Waals surface area contributed by atoms with Crippen LogP contribution in [0, 0.1) is 5.92 Å². The van der Waals surface area contributed by atoms with Crippen molar-refractivity contribution in [1.29, 1.82) is 0 Å². The van der Waals surface area contributed by atoms with Gasteiger partial charge in [-0.3, -0.25) is 4.98 Å². The van der Waals surface area contributed by atoms with Crippen LogP contribution in [0.2, 0.25) is 0 Å². The summed E-state index contributed by atoms with van der Waals surface area (Å²) in [4.78, 5) is 13.9. The van der Waals surface area contributed by atoms with Crippen LogP contribution in [0.5, 0.6) is 0 Å². The molecule has 4 rings (SSSR count). The van der Waals surface area contributed by atoms with E-state index in [0.717, 1.165) is 49.5 Å². The Labute approximate surface area is 162 Å². The normalized spacial score (nSPS) is 22.0. The van der Waals surface area contributed by atoms with Crippen molar-refractivity contribution in [3.8, 4) is 11.4 Å². The van der Waals surface area contributed by atoms with Gasteiger partial charge in [-0.15, -0.1) is 0 Å². The summed E-state index contributed by atoms with van der Waals surface area (Å²) in [6.45, 7) is 5.38. The average molecular weight is 367 g/mol. The minimum absolute atomic E-state index is 0.362. The van der Waals surface area contributed by atoms with Crippen LogP contribution in [0.15, 0.2) is 24.5 Å². The maximum Gasteiger partial charge on any atom is 0.161 e. The van der Waals surface area contributed by atoms with Crippen molar-refractivity contribution in [2.45, 2.75) is 70.9 Å². The van der Waals surface area contributed by atoms with Crippen molar-refractivity contribution < 1.29 is 4.74 Å². The summed E-state index contributed by atoms with van der Waals surface area (Å²) in [5, 5.41) is 3.78. The fourth-order valence-electron chi connectivity index (χ4n) is 4.48. The van der Waals surface area contributed by atoms with E-state index < -0.39 is 0 Å². The third kappa shape index (κ3) is 3.98. The van der Waals surface area contributed by atoms with Crippen LogP contribution in [0.4, 0.5) is 5.82 Å². The number of pyridine rings is 1. The molecule has 0 saturated carbocycles. The van der Waals surface area contributed by atoms with Crippen molar-refractivity contribution in [2.75, 3.05) is 11.9 Å². The number of rotatable bonds is 6. The molecule has 1 N–H and O–H groups in total. The van der Waals surface area contributed by atoms with E-state index in [1.165, 1.54) is 30.5 Å². The Morgan fingerprint density at radius 1 is 1.15 bits per heavy atom. The molecule has 1 aliphatic heterocycles. The Kier molecular flexibility index (Phi) is 5.67. The first kappa shape index (κ1) is 18.4. The molecule has 1 aliphatic carbocycles. The van der Waals surface area contributed by atoms with Crippen molar-refractivity contribution in [3.63, 3.8) is 0 Å². The Morgan fingerprint density at radius 2 is 1.96 bits per heavy atom. The number of ether oxygens (including phenoxy) is 1. The molecular weight excluding hydrogens is 336 g/mol. The molecular formula is C22H30N4O. The summed E-state index contributed by atoms with van der Waals surface area (Å²) in [6, 6.07) is 4.39. The van der Waals surface area contributed by atoms with Gasteiger partial charge in [-0.2, -0.15) is 0 Å². The Balaban J connectivity index is 1.57. The summed E-state index contributed by atoms with van der Waals surface area (Å²) in [5.41, 5.74) is 3.56. The number of nitrogens with one attached hydrogen (secondary N) is 1. The number of aromatic nitrogens is 3. The zero-order valence-corrected chi connectivity index (χ0v) is 16.4. The van der Waals surface area contributed by atoms with Crippen LogP contribution in [0.1, 0.15) is 57.2 Å². The first-order valence-electron chi connectivity index (χ1n) is 10.5. The van der Waals surface area contributed by atoms with Gasteiger partial charge in [-0.05, 0) is 50.2 Å². The van der Waals surface area contributed by atoms with Crippen molar-refractivity contribution >= 4 is 5.82 Å². The van der Waals surface area contributed by atoms with Gasteiger partial charge in [-0.25, -0.2) is 9.97 Å². The highest BCUT2D eigenvalue weighted by molar-refractivity contribution is 5.60. The van der Waals surface area contributed by atoms with E-state index in [-0.39, 0.29) is 0 Å². The second-order valence-corrected chi connectivity index (χ2v) is 7.76. The van der Waals surface area contributed by atoms with Crippen LogP contribution in [-0.2, 0) is 17.6 Å². The lowest BCUT2D eigenvalue weighted by Crippen LogP contribution is -2.38. The minimum atomic E-state index is 0.362. The van der Waals surface area contributed by atoms with Crippen LogP contribution < -0.4 is 5.32 Å². The third-order valence-corrected chi connectivity index (χ3v) is 6.10. The quantitative estimate of drug-likeness (QED) is 0.820. The molecule has 5 heteroatoms. The summed E-state index contributed by atoms with van der Waals surface area (Å²) in [5.74, 6) is 2.50. The van der Waals surface area contributed by atoms with Gasteiger partial charge in [0.15, 0.2) is 5.82 Å². The van der Waals surface area contributed by atoms with Gasteiger partial charge in [0.2, 0.25) is 0 Å². The van der Waals surface area contributed by atoms with E-state index in [0.29, 0.717) is 18.1 Å². The molecule has 27 heavy (non-hydrogen) atoms. The molecule has 5 nitrogen and oxygen atoms in total. The predicted octanol–water partition coefficient (Wildman–Crippen LogP) is 4.42. The van der Waals surface area contributed by atoms with E-state index >= 15 is 0 Å². The number of hydrogen-bond acceptors (Lipinski definition) is 5. The Morgan fingerprint density at radius 3 is 2.74 bits per heavy atom. The van der Waals surface area contributed by atoms with E-state index in [1.807, 2.05) is 12.1 Å². The first-order chi connectivity index (χ1) is 13.3. The maximum atomic E-state index is 6.10. The fourth-order valence-corrected chi connectivity index (χ4v) is 4.48. The SMILES string of the molecule is CCC(CC)C1CC(Nc2nc(-c3ccncc3)nc3c2CCC3)CCO1. The van der Waals surface area contributed by atoms with Crippen molar-refractivity contribution in [3.05, 3.63) is 35.8 Å². The average Bonchev–Trinajstić information content (AvgIpc) is 3.19. The van der Waals surface area contributed by atoms with Crippen LogP contribution >= 0.6 is 0 Å². The molecule has 0 radical (unpaired) electrons. The van der Waals surface area contributed by atoms with E-state index in [9.17, 15) is 0 Å². The molecule has 2 aromatic heterocycles. The topological polar surface area (TPSA) is 59.9 Å².